The largest absolute Gasteiger partial charge is 0.308 e. The molecule has 2 aromatic heterocycles. The van der Waals surface area contributed by atoms with Crippen molar-refractivity contribution in [2.24, 2.45) is 0 Å². The van der Waals surface area contributed by atoms with Crippen molar-refractivity contribution in [3.63, 3.8) is 0 Å². The van der Waals surface area contributed by atoms with Crippen LogP contribution in [0.3, 0.4) is 0 Å². The second-order valence-electron chi connectivity index (χ2n) is 10.5. The third-order valence-electron chi connectivity index (χ3n) is 7.77. The topological polar surface area (TPSA) is 67.4 Å². The fraction of sp³-hybridized carbons (Fsp3) is 0. The van der Waals surface area contributed by atoms with Crippen molar-refractivity contribution in [1.82, 2.24) is 19.5 Å². The van der Waals surface area contributed by atoms with Crippen LogP contribution in [0.25, 0.3) is 72.8 Å². The Bertz CT molecular complexity index is 2580. The second-order valence-corrected chi connectivity index (χ2v) is 10.5. The van der Waals surface area contributed by atoms with Crippen molar-refractivity contribution < 1.29 is 6.85 Å². The van der Waals surface area contributed by atoms with Crippen LogP contribution in [-0.4, -0.2) is 19.5 Å². The lowest BCUT2D eigenvalue weighted by Crippen LogP contribution is -2.04. The molecule has 0 atom stereocenters. The van der Waals surface area contributed by atoms with Gasteiger partial charge in [0.25, 0.3) is 0 Å². The molecule has 0 N–H and O–H groups in total. The van der Waals surface area contributed by atoms with E-state index in [0.29, 0.717) is 39.9 Å². The van der Waals surface area contributed by atoms with Crippen molar-refractivity contribution in [1.29, 1.82) is 5.26 Å². The summed E-state index contributed by atoms with van der Waals surface area (Å²) in [7, 11) is 0. The first kappa shape index (κ1) is 21.3. The standard InChI is InChI=1S/C40H25N5/c41-26-27-20-23-36(45-35-19-11-10-18-32(35)33-22-21-31(25-37(33)45)28-12-4-1-5-13-28)34(24-27)40-43-38(29-14-6-2-7-15-29)42-39(44-40)30-16-8-3-9-17-30/h1-25H/i1D,4D,5D,12D,13D. The normalized spacial score (nSPS) is 12.6. The number of aromatic nitrogens is 4. The van der Waals surface area contributed by atoms with Crippen LogP contribution in [0.15, 0.2) is 152 Å². The SMILES string of the molecule is [2H]c1c([2H])c([2H])c(-c2ccc3c4ccccc4n(-c4ccc(C#N)cc4-c4nc(-c5ccccc5)nc(-c5ccccc5)n4)c3c2)c([2H])c1[2H]. The molecule has 5 nitrogen and oxygen atoms in total. The minimum Gasteiger partial charge on any atom is -0.308 e. The molecule has 0 saturated heterocycles. The van der Waals surface area contributed by atoms with E-state index in [1.54, 1.807) is 18.2 Å². The molecule has 8 rings (SSSR count). The molecule has 0 bridgehead atoms. The molecule has 45 heavy (non-hydrogen) atoms. The molecule has 0 aliphatic rings. The zero-order valence-corrected chi connectivity index (χ0v) is 23.8. The Kier molecular flexibility index (Phi) is 5.23. The summed E-state index contributed by atoms with van der Waals surface area (Å²) in [5.74, 6) is 1.33. The Morgan fingerprint density at radius 1 is 0.533 bits per heavy atom. The van der Waals surface area contributed by atoms with Crippen LogP contribution in [0.4, 0.5) is 0 Å². The number of benzene rings is 6. The first-order valence-electron chi connectivity index (χ1n) is 16.9. The first-order chi connectivity index (χ1) is 24.3. The summed E-state index contributed by atoms with van der Waals surface area (Å²) in [6.45, 7) is 0. The van der Waals surface area contributed by atoms with Crippen LogP contribution < -0.4 is 0 Å². The number of nitriles is 1. The minimum atomic E-state index is -0.441. The van der Waals surface area contributed by atoms with Gasteiger partial charge in [-0.3, -0.25) is 0 Å². The number of hydrogen-bond acceptors (Lipinski definition) is 4. The molecule has 0 unspecified atom stereocenters. The van der Waals surface area contributed by atoms with Crippen LogP contribution in [0, 0.1) is 11.3 Å². The van der Waals surface area contributed by atoms with E-state index in [1.165, 1.54) is 0 Å². The summed E-state index contributed by atoms with van der Waals surface area (Å²) < 4.78 is 44.0. The van der Waals surface area contributed by atoms with E-state index >= 15 is 0 Å². The Hall–Kier alpha value is -6.38. The molecule has 0 spiro atoms. The molecule has 0 aliphatic heterocycles. The van der Waals surface area contributed by atoms with Gasteiger partial charge in [0.15, 0.2) is 17.5 Å². The molecule has 0 fully saturated rings. The third kappa shape index (κ3) is 4.71. The Labute approximate surface area is 267 Å². The predicted molar refractivity (Wildman–Crippen MR) is 181 cm³/mol. The van der Waals surface area contributed by atoms with Gasteiger partial charge in [-0.2, -0.15) is 5.26 Å². The summed E-state index contributed by atoms with van der Waals surface area (Å²) in [6.07, 6.45) is 0. The van der Waals surface area contributed by atoms with E-state index in [4.69, 9.17) is 21.8 Å². The summed E-state index contributed by atoms with van der Waals surface area (Å²) in [4.78, 5) is 14.8. The van der Waals surface area contributed by atoms with Gasteiger partial charge < -0.3 is 4.57 Å². The van der Waals surface area contributed by atoms with Crippen LogP contribution in [0.1, 0.15) is 12.4 Å². The number of hydrogen-bond donors (Lipinski definition) is 0. The van der Waals surface area contributed by atoms with E-state index in [1.807, 2.05) is 108 Å². The lowest BCUT2D eigenvalue weighted by atomic mass is 10.0. The maximum atomic E-state index is 10.0. The average Bonchev–Trinajstić information content (AvgIpc) is 3.50. The average molecular weight is 581 g/mol. The van der Waals surface area contributed by atoms with Crippen LogP contribution in [0.2, 0.25) is 0 Å². The van der Waals surface area contributed by atoms with Crippen molar-refractivity contribution in [3.05, 3.63) is 157 Å². The van der Waals surface area contributed by atoms with Gasteiger partial charge in [0.1, 0.15) is 0 Å². The molecule has 8 aromatic rings. The number of rotatable bonds is 5. The van der Waals surface area contributed by atoms with E-state index in [0.717, 1.165) is 32.9 Å². The summed E-state index contributed by atoms with van der Waals surface area (Å²) >= 11 is 0. The van der Waals surface area contributed by atoms with Gasteiger partial charge in [0.2, 0.25) is 0 Å². The van der Waals surface area contributed by atoms with E-state index < -0.39 is 18.1 Å². The molecule has 210 valence electrons. The van der Waals surface area contributed by atoms with Gasteiger partial charge in [-0.15, -0.1) is 0 Å². The summed E-state index contributed by atoms with van der Waals surface area (Å²) in [5, 5.41) is 11.9. The van der Waals surface area contributed by atoms with Crippen molar-refractivity contribution >= 4 is 21.8 Å². The Morgan fingerprint density at radius 2 is 1.16 bits per heavy atom. The Morgan fingerprint density at radius 3 is 1.84 bits per heavy atom. The van der Waals surface area contributed by atoms with Crippen molar-refractivity contribution in [3.8, 4) is 57.0 Å². The molecule has 6 aromatic carbocycles. The van der Waals surface area contributed by atoms with Gasteiger partial charge in [-0.05, 0) is 41.5 Å². The van der Waals surface area contributed by atoms with Gasteiger partial charge in [-0.1, -0.05) is 121 Å². The van der Waals surface area contributed by atoms with Gasteiger partial charge in [0.05, 0.1) is 35.2 Å². The van der Waals surface area contributed by atoms with Crippen LogP contribution in [-0.2, 0) is 0 Å². The van der Waals surface area contributed by atoms with Crippen LogP contribution >= 0.6 is 0 Å². The second kappa shape index (κ2) is 11.0. The fourth-order valence-corrected chi connectivity index (χ4v) is 5.69. The van der Waals surface area contributed by atoms with Gasteiger partial charge >= 0.3 is 0 Å². The zero-order valence-electron chi connectivity index (χ0n) is 28.8. The molecular weight excluding hydrogens is 550 g/mol. The maximum Gasteiger partial charge on any atom is 0.166 e. The third-order valence-corrected chi connectivity index (χ3v) is 7.77. The minimum absolute atomic E-state index is 0.118. The lowest BCUT2D eigenvalue weighted by molar-refractivity contribution is 1.06. The highest BCUT2D eigenvalue weighted by atomic mass is 15.1. The molecule has 0 amide bonds. The van der Waals surface area contributed by atoms with Gasteiger partial charge in [0, 0.05) is 27.5 Å². The maximum absolute atomic E-state index is 10.0. The van der Waals surface area contributed by atoms with Crippen LogP contribution in [0.5, 0.6) is 0 Å². The van der Waals surface area contributed by atoms with Crippen molar-refractivity contribution in [2.75, 3.05) is 0 Å². The highest BCUT2D eigenvalue weighted by Crippen LogP contribution is 2.38. The summed E-state index contributed by atoms with van der Waals surface area (Å²) in [6, 6.07) is 38.7. The molecule has 0 aliphatic carbocycles. The van der Waals surface area contributed by atoms with E-state index in [9.17, 15) is 5.26 Å². The van der Waals surface area contributed by atoms with E-state index in [2.05, 4.69) is 6.07 Å². The quantitative estimate of drug-likeness (QED) is 0.203. The van der Waals surface area contributed by atoms with Gasteiger partial charge in [-0.25, -0.2) is 15.0 Å². The Balaban J connectivity index is 1.44. The first-order valence-corrected chi connectivity index (χ1v) is 14.4. The highest BCUT2D eigenvalue weighted by Gasteiger charge is 2.20. The monoisotopic (exact) mass is 580 g/mol. The molecule has 0 radical (unpaired) electrons. The smallest absolute Gasteiger partial charge is 0.166 e. The highest BCUT2D eigenvalue weighted by molar-refractivity contribution is 6.10. The molecule has 5 heteroatoms. The number of para-hydroxylation sites is 1. The fourth-order valence-electron chi connectivity index (χ4n) is 5.69. The molecule has 0 saturated carbocycles. The lowest BCUT2D eigenvalue weighted by Gasteiger charge is -2.15. The van der Waals surface area contributed by atoms with E-state index in [-0.39, 0.29) is 17.6 Å². The predicted octanol–water partition coefficient (Wildman–Crippen LogP) is 9.51. The van der Waals surface area contributed by atoms with Crippen molar-refractivity contribution in [2.45, 2.75) is 0 Å². The summed E-state index contributed by atoms with van der Waals surface area (Å²) in [5.41, 5.74) is 5.53. The molecular formula is C40H25N5. The number of nitrogens with zero attached hydrogens (tertiary/aromatic N) is 5. The molecule has 2 heterocycles. The number of fused-ring (bicyclic) bond motifs is 3. The zero-order chi connectivity index (χ0) is 34.5.